The molecule has 0 radical (unpaired) electrons. The molecule has 0 aromatic rings. The van der Waals surface area contributed by atoms with E-state index in [1.807, 2.05) is 0 Å². The second-order valence-corrected chi connectivity index (χ2v) is 5.75. The molecule has 1 nitrogen and oxygen atoms in total. The van der Waals surface area contributed by atoms with Crippen molar-refractivity contribution in [2.75, 3.05) is 31.6 Å². The molecule has 0 spiro atoms. The highest BCUT2D eigenvalue weighted by Gasteiger charge is 2.12. The summed E-state index contributed by atoms with van der Waals surface area (Å²) < 4.78 is 0. The van der Waals surface area contributed by atoms with Crippen LogP contribution >= 0.6 is 11.8 Å². The van der Waals surface area contributed by atoms with Gasteiger partial charge in [0.05, 0.1) is 0 Å². The van der Waals surface area contributed by atoms with E-state index in [-0.39, 0.29) is 0 Å². The van der Waals surface area contributed by atoms with Crippen LogP contribution in [0.3, 0.4) is 0 Å². The lowest BCUT2D eigenvalue weighted by Gasteiger charge is -2.25. The highest BCUT2D eigenvalue weighted by atomic mass is 32.2. The van der Waals surface area contributed by atoms with Crippen LogP contribution < -0.4 is 0 Å². The predicted molar refractivity (Wildman–Crippen MR) is 67.1 cm³/mol. The molecule has 0 aromatic carbocycles. The van der Waals surface area contributed by atoms with E-state index in [0.29, 0.717) is 0 Å². The molecular formula is C12H25NS. The lowest BCUT2D eigenvalue weighted by atomic mass is 9.98. The van der Waals surface area contributed by atoms with Gasteiger partial charge in [0.1, 0.15) is 0 Å². The SMILES string of the molecule is CCCN(C)CC1CCCCSCC1. The minimum absolute atomic E-state index is 0.972. The van der Waals surface area contributed by atoms with Crippen LogP contribution in [0.2, 0.25) is 0 Å². The topological polar surface area (TPSA) is 3.24 Å². The van der Waals surface area contributed by atoms with E-state index in [0.717, 1.165) is 5.92 Å². The maximum Gasteiger partial charge on any atom is 0.000690 e. The standard InChI is InChI=1S/C12H25NS/c1-3-8-13(2)11-12-6-4-5-9-14-10-7-12/h12H,3-11H2,1-2H3. The molecular weight excluding hydrogens is 190 g/mol. The average molecular weight is 215 g/mol. The van der Waals surface area contributed by atoms with Crippen molar-refractivity contribution in [2.45, 2.75) is 39.0 Å². The summed E-state index contributed by atoms with van der Waals surface area (Å²) in [5.74, 6) is 3.77. The second kappa shape index (κ2) is 7.58. The van der Waals surface area contributed by atoms with E-state index in [2.05, 4.69) is 30.6 Å². The first-order valence-corrected chi connectivity index (χ1v) is 7.24. The van der Waals surface area contributed by atoms with E-state index >= 15 is 0 Å². The van der Waals surface area contributed by atoms with Gasteiger partial charge in [-0.15, -0.1) is 0 Å². The van der Waals surface area contributed by atoms with Crippen molar-refractivity contribution in [2.24, 2.45) is 5.92 Å². The van der Waals surface area contributed by atoms with Gasteiger partial charge in [0, 0.05) is 6.54 Å². The monoisotopic (exact) mass is 215 g/mol. The Hall–Kier alpha value is 0.310. The third-order valence-corrected chi connectivity index (χ3v) is 4.10. The van der Waals surface area contributed by atoms with Crippen molar-refractivity contribution in [3.8, 4) is 0 Å². The first kappa shape index (κ1) is 12.4. The van der Waals surface area contributed by atoms with Gasteiger partial charge in [-0.1, -0.05) is 13.3 Å². The van der Waals surface area contributed by atoms with Crippen LogP contribution in [-0.4, -0.2) is 36.5 Å². The van der Waals surface area contributed by atoms with Gasteiger partial charge in [-0.05, 0) is 56.7 Å². The number of rotatable bonds is 4. The molecule has 1 saturated heterocycles. The molecule has 0 amide bonds. The number of hydrogen-bond donors (Lipinski definition) is 0. The van der Waals surface area contributed by atoms with Gasteiger partial charge in [0.15, 0.2) is 0 Å². The maximum absolute atomic E-state index is 2.51. The molecule has 1 rings (SSSR count). The Morgan fingerprint density at radius 3 is 2.86 bits per heavy atom. The molecule has 14 heavy (non-hydrogen) atoms. The molecule has 2 heteroatoms. The Bertz CT molecular complexity index is 130. The zero-order chi connectivity index (χ0) is 10.2. The predicted octanol–water partition coefficient (Wildman–Crippen LogP) is 3.25. The lowest BCUT2D eigenvalue weighted by molar-refractivity contribution is 0.260. The molecule has 0 saturated carbocycles. The summed E-state index contributed by atoms with van der Waals surface area (Å²) in [6, 6.07) is 0. The van der Waals surface area contributed by atoms with Crippen LogP contribution in [0.25, 0.3) is 0 Å². The summed E-state index contributed by atoms with van der Waals surface area (Å²) in [5, 5.41) is 0. The molecule has 1 aliphatic heterocycles. The molecule has 1 aliphatic rings. The molecule has 1 heterocycles. The normalized spacial score (nSPS) is 24.6. The summed E-state index contributed by atoms with van der Waals surface area (Å²) in [6.45, 7) is 4.86. The van der Waals surface area contributed by atoms with Gasteiger partial charge in [-0.3, -0.25) is 0 Å². The first-order chi connectivity index (χ1) is 6.83. The Morgan fingerprint density at radius 2 is 2.07 bits per heavy atom. The Balaban J connectivity index is 2.19. The Labute approximate surface area is 93.6 Å². The van der Waals surface area contributed by atoms with Crippen LogP contribution in [0, 0.1) is 5.92 Å². The molecule has 1 atom stereocenters. The van der Waals surface area contributed by atoms with Gasteiger partial charge in [0.2, 0.25) is 0 Å². The fourth-order valence-corrected chi connectivity index (χ4v) is 3.34. The average Bonchev–Trinajstić information content (AvgIpc) is 2.10. The van der Waals surface area contributed by atoms with E-state index in [9.17, 15) is 0 Å². The van der Waals surface area contributed by atoms with Crippen LogP contribution in [-0.2, 0) is 0 Å². The Kier molecular flexibility index (Phi) is 6.70. The zero-order valence-corrected chi connectivity index (χ0v) is 10.6. The van der Waals surface area contributed by atoms with Gasteiger partial charge >= 0.3 is 0 Å². The Morgan fingerprint density at radius 1 is 1.21 bits per heavy atom. The molecule has 0 N–H and O–H groups in total. The van der Waals surface area contributed by atoms with Gasteiger partial charge in [0.25, 0.3) is 0 Å². The highest BCUT2D eigenvalue weighted by molar-refractivity contribution is 7.99. The van der Waals surface area contributed by atoms with Crippen molar-refractivity contribution in [1.82, 2.24) is 4.90 Å². The fraction of sp³-hybridized carbons (Fsp3) is 1.00. The van der Waals surface area contributed by atoms with Crippen LogP contribution in [0.5, 0.6) is 0 Å². The van der Waals surface area contributed by atoms with Crippen molar-refractivity contribution < 1.29 is 0 Å². The van der Waals surface area contributed by atoms with Gasteiger partial charge in [-0.25, -0.2) is 0 Å². The van der Waals surface area contributed by atoms with Crippen molar-refractivity contribution >= 4 is 11.8 Å². The summed E-state index contributed by atoms with van der Waals surface area (Å²) >= 11 is 2.15. The zero-order valence-electron chi connectivity index (χ0n) is 9.80. The van der Waals surface area contributed by atoms with Gasteiger partial charge in [-0.2, -0.15) is 11.8 Å². The largest absolute Gasteiger partial charge is 0.306 e. The van der Waals surface area contributed by atoms with Crippen LogP contribution in [0.1, 0.15) is 39.0 Å². The molecule has 1 fully saturated rings. The summed E-state index contributed by atoms with van der Waals surface area (Å²) in [6.07, 6.45) is 7.10. The molecule has 0 bridgehead atoms. The third kappa shape index (κ3) is 5.26. The van der Waals surface area contributed by atoms with Gasteiger partial charge < -0.3 is 4.90 Å². The fourth-order valence-electron chi connectivity index (χ4n) is 2.23. The molecule has 0 aliphatic carbocycles. The van der Waals surface area contributed by atoms with E-state index in [4.69, 9.17) is 0 Å². The number of hydrogen-bond acceptors (Lipinski definition) is 2. The third-order valence-electron chi connectivity index (χ3n) is 3.00. The van der Waals surface area contributed by atoms with E-state index < -0.39 is 0 Å². The number of nitrogens with zero attached hydrogens (tertiary/aromatic N) is 1. The molecule has 84 valence electrons. The molecule has 0 aromatic heterocycles. The van der Waals surface area contributed by atoms with Crippen molar-refractivity contribution in [3.63, 3.8) is 0 Å². The highest BCUT2D eigenvalue weighted by Crippen LogP contribution is 2.22. The smallest absolute Gasteiger partial charge is 0.000690 e. The summed E-state index contributed by atoms with van der Waals surface area (Å²) in [5.41, 5.74) is 0. The molecule has 1 unspecified atom stereocenters. The van der Waals surface area contributed by atoms with Crippen LogP contribution in [0.15, 0.2) is 0 Å². The first-order valence-electron chi connectivity index (χ1n) is 6.09. The second-order valence-electron chi connectivity index (χ2n) is 4.53. The van der Waals surface area contributed by atoms with Crippen molar-refractivity contribution in [3.05, 3.63) is 0 Å². The van der Waals surface area contributed by atoms with Crippen molar-refractivity contribution in [1.29, 1.82) is 0 Å². The quantitative estimate of drug-likeness (QED) is 0.708. The van der Waals surface area contributed by atoms with E-state index in [1.54, 1.807) is 0 Å². The minimum atomic E-state index is 0.972. The maximum atomic E-state index is 2.51. The summed E-state index contributed by atoms with van der Waals surface area (Å²) in [4.78, 5) is 2.51. The minimum Gasteiger partial charge on any atom is -0.306 e. The summed E-state index contributed by atoms with van der Waals surface area (Å²) in [7, 11) is 2.27. The lowest BCUT2D eigenvalue weighted by Crippen LogP contribution is -2.27. The number of thioether (sulfide) groups is 1. The van der Waals surface area contributed by atoms with Crippen LogP contribution in [0.4, 0.5) is 0 Å². The van der Waals surface area contributed by atoms with E-state index in [1.165, 1.54) is 56.7 Å².